The van der Waals surface area contributed by atoms with Crippen LogP contribution >= 0.6 is 0 Å². The number of ether oxygens (including phenoxy) is 5. The summed E-state index contributed by atoms with van der Waals surface area (Å²) < 4.78 is 28.2. The van der Waals surface area contributed by atoms with E-state index >= 15 is 0 Å². The normalized spacial score (nSPS) is 26.8. The van der Waals surface area contributed by atoms with E-state index in [1.807, 2.05) is 24.3 Å². The fraction of sp³-hybridized carbons (Fsp3) is 0.429. The predicted octanol–water partition coefficient (Wildman–Crippen LogP) is 4.52. The Kier molecular flexibility index (Phi) is 4.41. The van der Waals surface area contributed by atoms with Crippen molar-refractivity contribution in [1.82, 2.24) is 0 Å². The molecule has 0 amide bonds. The average molecular weight is 356 g/mol. The van der Waals surface area contributed by atoms with Gasteiger partial charge in [-0.3, -0.25) is 0 Å². The maximum absolute atomic E-state index is 6.50. The van der Waals surface area contributed by atoms with Crippen LogP contribution < -0.4 is 18.9 Å². The third kappa shape index (κ3) is 2.76. The van der Waals surface area contributed by atoms with E-state index in [0.717, 1.165) is 34.1 Å². The van der Waals surface area contributed by atoms with Crippen molar-refractivity contribution in [3.05, 3.63) is 47.5 Å². The summed E-state index contributed by atoms with van der Waals surface area (Å²) in [4.78, 5) is 0. The molecule has 4 atom stereocenters. The SMILES string of the molecule is COc1ccc([C@@H]2O[C@H](c3ccc4c(c3)OCO4)[C@@H](C)[C@@H]2C)cc1OC. The molecule has 0 unspecified atom stereocenters. The number of benzene rings is 2. The second-order valence-electron chi connectivity index (χ2n) is 6.92. The molecule has 0 N–H and O–H groups in total. The van der Waals surface area contributed by atoms with Crippen LogP contribution in [0.3, 0.4) is 0 Å². The highest BCUT2D eigenvalue weighted by Crippen LogP contribution is 2.50. The topological polar surface area (TPSA) is 46.2 Å². The fourth-order valence-corrected chi connectivity index (χ4v) is 3.84. The Morgan fingerprint density at radius 2 is 1.38 bits per heavy atom. The number of fused-ring (bicyclic) bond motifs is 1. The zero-order chi connectivity index (χ0) is 18.3. The van der Waals surface area contributed by atoms with E-state index in [-0.39, 0.29) is 19.0 Å². The Morgan fingerprint density at radius 1 is 0.769 bits per heavy atom. The summed E-state index contributed by atoms with van der Waals surface area (Å²) in [6.45, 7) is 4.75. The van der Waals surface area contributed by atoms with E-state index in [4.69, 9.17) is 23.7 Å². The number of hydrogen-bond acceptors (Lipinski definition) is 5. The van der Waals surface area contributed by atoms with E-state index in [1.165, 1.54) is 0 Å². The summed E-state index contributed by atoms with van der Waals surface area (Å²) in [6, 6.07) is 12.1. The van der Waals surface area contributed by atoms with Crippen LogP contribution in [0.4, 0.5) is 0 Å². The van der Waals surface area contributed by atoms with Gasteiger partial charge in [-0.25, -0.2) is 0 Å². The Hall–Kier alpha value is -2.40. The summed E-state index contributed by atoms with van der Waals surface area (Å²) in [6.07, 6.45) is 0.0119. The molecule has 1 fully saturated rings. The van der Waals surface area contributed by atoms with Gasteiger partial charge in [0.2, 0.25) is 6.79 Å². The van der Waals surface area contributed by atoms with Crippen LogP contribution in [0, 0.1) is 11.8 Å². The highest BCUT2D eigenvalue weighted by molar-refractivity contribution is 5.46. The average Bonchev–Trinajstić information content (AvgIpc) is 3.25. The van der Waals surface area contributed by atoms with Crippen LogP contribution in [0.15, 0.2) is 36.4 Å². The molecule has 2 aromatic carbocycles. The van der Waals surface area contributed by atoms with E-state index in [2.05, 4.69) is 26.0 Å². The van der Waals surface area contributed by atoms with Gasteiger partial charge < -0.3 is 23.7 Å². The number of rotatable bonds is 4. The second-order valence-corrected chi connectivity index (χ2v) is 6.92. The van der Waals surface area contributed by atoms with Gasteiger partial charge in [0.15, 0.2) is 23.0 Å². The molecule has 5 heteroatoms. The first-order valence-electron chi connectivity index (χ1n) is 8.89. The van der Waals surface area contributed by atoms with Gasteiger partial charge in [0, 0.05) is 0 Å². The minimum atomic E-state index is 0.000212. The zero-order valence-electron chi connectivity index (χ0n) is 15.5. The lowest BCUT2D eigenvalue weighted by Gasteiger charge is -2.18. The molecule has 0 radical (unpaired) electrons. The minimum Gasteiger partial charge on any atom is -0.493 e. The van der Waals surface area contributed by atoms with Crippen LogP contribution in [0.1, 0.15) is 37.2 Å². The lowest BCUT2D eigenvalue weighted by molar-refractivity contribution is 0.0288. The molecule has 0 spiro atoms. The van der Waals surface area contributed by atoms with Gasteiger partial charge in [-0.05, 0) is 47.2 Å². The van der Waals surface area contributed by atoms with Crippen molar-refractivity contribution in [2.45, 2.75) is 26.1 Å². The molecule has 5 nitrogen and oxygen atoms in total. The Morgan fingerprint density at radius 3 is 2.08 bits per heavy atom. The molecule has 0 bridgehead atoms. The van der Waals surface area contributed by atoms with Crippen LogP contribution in [0.2, 0.25) is 0 Å². The summed E-state index contributed by atoms with van der Waals surface area (Å²) >= 11 is 0. The lowest BCUT2D eigenvalue weighted by atomic mass is 9.85. The summed E-state index contributed by atoms with van der Waals surface area (Å²) in [5.74, 6) is 3.77. The molecule has 26 heavy (non-hydrogen) atoms. The van der Waals surface area contributed by atoms with Gasteiger partial charge in [-0.1, -0.05) is 26.0 Å². The minimum absolute atomic E-state index is 0.000212. The summed E-state index contributed by atoms with van der Waals surface area (Å²) in [5, 5.41) is 0. The Balaban J connectivity index is 1.62. The molecule has 2 aliphatic heterocycles. The molecule has 0 aromatic heterocycles. The van der Waals surface area contributed by atoms with E-state index in [0.29, 0.717) is 11.8 Å². The molecule has 1 saturated heterocycles. The molecule has 0 aliphatic carbocycles. The van der Waals surface area contributed by atoms with Crippen LogP contribution in [0.5, 0.6) is 23.0 Å². The zero-order valence-corrected chi connectivity index (χ0v) is 15.5. The molecule has 2 aliphatic rings. The standard InChI is InChI=1S/C21H24O5/c1-12-13(2)21(15-6-8-17-19(10-15)25-11-24-17)26-20(12)14-5-7-16(22-3)18(9-14)23-4/h5-10,12-13,20-21H,11H2,1-4H3/t12-,13-,20+,21-/m0/s1. The highest BCUT2D eigenvalue weighted by Gasteiger charge is 2.41. The van der Waals surface area contributed by atoms with Crippen LogP contribution in [0.25, 0.3) is 0 Å². The third-order valence-electron chi connectivity index (χ3n) is 5.54. The predicted molar refractivity (Wildman–Crippen MR) is 97.0 cm³/mol. The van der Waals surface area contributed by atoms with Gasteiger partial charge in [0.25, 0.3) is 0 Å². The van der Waals surface area contributed by atoms with Gasteiger partial charge in [0.1, 0.15) is 0 Å². The molecule has 4 rings (SSSR count). The molecule has 0 saturated carbocycles. The lowest BCUT2D eigenvalue weighted by Crippen LogP contribution is -2.10. The van der Waals surface area contributed by atoms with Crippen molar-refractivity contribution in [2.24, 2.45) is 11.8 Å². The first-order valence-corrected chi connectivity index (χ1v) is 8.89. The molecule has 2 heterocycles. The van der Waals surface area contributed by atoms with Crippen molar-refractivity contribution in [2.75, 3.05) is 21.0 Å². The molecule has 138 valence electrons. The number of hydrogen-bond donors (Lipinski definition) is 0. The fourth-order valence-electron chi connectivity index (χ4n) is 3.84. The second kappa shape index (κ2) is 6.72. The number of methoxy groups -OCH3 is 2. The van der Waals surface area contributed by atoms with Crippen molar-refractivity contribution >= 4 is 0 Å². The van der Waals surface area contributed by atoms with Gasteiger partial charge in [0.05, 0.1) is 26.4 Å². The van der Waals surface area contributed by atoms with Gasteiger partial charge in [-0.2, -0.15) is 0 Å². The smallest absolute Gasteiger partial charge is 0.231 e. The van der Waals surface area contributed by atoms with Crippen molar-refractivity contribution in [1.29, 1.82) is 0 Å². The van der Waals surface area contributed by atoms with Crippen molar-refractivity contribution in [3.63, 3.8) is 0 Å². The van der Waals surface area contributed by atoms with E-state index < -0.39 is 0 Å². The summed E-state index contributed by atoms with van der Waals surface area (Å²) in [5.41, 5.74) is 2.22. The molecular formula is C21H24O5. The highest BCUT2D eigenvalue weighted by atomic mass is 16.7. The monoisotopic (exact) mass is 356 g/mol. The quantitative estimate of drug-likeness (QED) is 0.806. The van der Waals surface area contributed by atoms with Crippen molar-refractivity contribution < 1.29 is 23.7 Å². The molecule has 2 aromatic rings. The first-order chi connectivity index (χ1) is 12.6. The van der Waals surface area contributed by atoms with E-state index in [1.54, 1.807) is 14.2 Å². The first kappa shape index (κ1) is 17.0. The third-order valence-corrected chi connectivity index (χ3v) is 5.54. The van der Waals surface area contributed by atoms with Crippen molar-refractivity contribution in [3.8, 4) is 23.0 Å². The Bertz CT molecular complexity index is 803. The maximum atomic E-state index is 6.50. The summed E-state index contributed by atoms with van der Waals surface area (Å²) in [7, 11) is 3.29. The largest absolute Gasteiger partial charge is 0.493 e. The maximum Gasteiger partial charge on any atom is 0.231 e. The van der Waals surface area contributed by atoms with Crippen LogP contribution in [-0.4, -0.2) is 21.0 Å². The van der Waals surface area contributed by atoms with Crippen LogP contribution in [-0.2, 0) is 4.74 Å². The van der Waals surface area contributed by atoms with Gasteiger partial charge >= 0.3 is 0 Å². The molecular weight excluding hydrogens is 332 g/mol. The van der Waals surface area contributed by atoms with Gasteiger partial charge in [-0.15, -0.1) is 0 Å². The Labute approximate surface area is 153 Å². The van der Waals surface area contributed by atoms with E-state index in [9.17, 15) is 0 Å².